The number of carbonyl (C=O) groups is 3. The molecule has 1 atom stereocenters. The number of carbonyl (C=O) groups excluding carboxylic acids is 3. The number of ether oxygens (including phenoxy) is 2. The van der Waals surface area contributed by atoms with Crippen LogP contribution in [-0.2, 0) is 25.5 Å². The summed E-state index contributed by atoms with van der Waals surface area (Å²) in [7, 11) is 1.26. The van der Waals surface area contributed by atoms with E-state index in [4.69, 9.17) is 9.47 Å². The van der Waals surface area contributed by atoms with E-state index in [-0.39, 0.29) is 6.42 Å². The lowest BCUT2D eigenvalue weighted by Crippen LogP contribution is -2.44. The molecule has 0 spiro atoms. The molecular weight excluding hydrogens is 346 g/mol. The number of amides is 1. The van der Waals surface area contributed by atoms with Crippen molar-refractivity contribution in [1.82, 2.24) is 5.32 Å². The van der Waals surface area contributed by atoms with Gasteiger partial charge in [-0.05, 0) is 31.0 Å². The molecule has 2 aromatic carbocycles. The molecule has 0 aliphatic heterocycles. The molecule has 0 fully saturated rings. The van der Waals surface area contributed by atoms with Gasteiger partial charge in [-0.3, -0.25) is 4.79 Å². The zero-order chi connectivity index (χ0) is 19.8. The molecule has 6 nitrogen and oxygen atoms in total. The maximum atomic E-state index is 12.2. The van der Waals surface area contributed by atoms with Gasteiger partial charge in [0, 0.05) is 6.42 Å². The molecule has 142 valence electrons. The predicted molar refractivity (Wildman–Crippen MR) is 100 cm³/mol. The average molecular weight is 369 g/mol. The van der Waals surface area contributed by atoms with E-state index in [0.29, 0.717) is 5.56 Å². The van der Waals surface area contributed by atoms with Crippen LogP contribution in [0.5, 0.6) is 0 Å². The molecule has 0 radical (unpaired) electrons. The summed E-state index contributed by atoms with van der Waals surface area (Å²) in [6.45, 7) is 3.19. The van der Waals surface area contributed by atoms with Crippen LogP contribution in [0.15, 0.2) is 48.5 Å². The highest BCUT2D eigenvalue weighted by molar-refractivity contribution is 5.93. The molecular formula is C21H23NO5. The molecule has 0 bridgehead atoms. The molecule has 27 heavy (non-hydrogen) atoms. The SMILES string of the molecule is COC(=O)C(Cc1ccccc1)NC(=O)COC(=O)c1cc(C)ccc1C. The van der Waals surface area contributed by atoms with Crippen molar-refractivity contribution in [3.8, 4) is 0 Å². The molecule has 0 aliphatic rings. The molecule has 1 N–H and O–H groups in total. The number of aryl methyl sites for hydroxylation is 2. The van der Waals surface area contributed by atoms with Crippen molar-refractivity contribution in [2.75, 3.05) is 13.7 Å². The van der Waals surface area contributed by atoms with Crippen LogP contribution < -0.4 is 5.32 Å². The smallest absolute Gasteiger partial charge is 0.338 e. The van der Waals surface area contributed by atoms with Gasteiger partial charge in [0.1, 0.15) is 6.04 Å². The Morgan fingerprint density at radius 2 is 1.74 bits per heavy atom. The molecule has 0 heterocycles. The number of rotatable bonds is 7. The summed E-state index contributed by atoms with van der Waals surface area (Å²) in [5.74, 6) is -1.71. The van der Waals surface area contributed by atoms with Crippen LogP contribution in [0, 0.1) is 13.8 Å². The third-order valence-corrected chi connectivity index (χ3v) is 4.05. The van der Waals surface area contributed by atoms with Crippen LogP contribution in [0.3, 0.4) is 0 Å². The van der Waals surface area contributed by atoms with Crippen LogP contribution in [0.2, 0.25) is 0 Å². The summed E-state index contributed by atoms with van der Waals surface area (Å²) in [6, 6.07) is 13.8. The Morgan fingerprint density at radius 3 is 2.41 bits per heavy atom. The van der Waals surface area contributed by atoms with Gasteiger partial charge in [-0.15, -0.1) is 0 Å². The van der Waals surface area contributed by atoms with E-state index in [1.54, 1.807) is 13.0 Å². The average Bonchev–Trinajstić information content (AvgIpc) is 2.67. The van der Waals surface area contributed by atoms with E-state index in [9.17, 15) is 14.4 Å². The van der Waals surface area contributed by atoms with E-state index in [1.165, 1.54) is 7.11 Å². The van der Waals surface area contributed by atoms with Crippen molar-refractivity contribution in [2.45, 2.75) is 26.3 Å². The van der Waals surface area contributed by atoms with E-state index in [2.05, 4.69) is 5.32 Å². The third-order valence-electron chi connectivity index (χ3n) is 4.05. The Kier molecular flexibility index (Phi) is 7.11. The summed E-state index contributed by atoms with van der Waals surface area (Å²) >= 11 is 0. The monoisotopic (exact) mass is 369 g/mol. The fourth-order valence-electron chi connectivity index (χ4n) is 2.59. The molecule has 0 aromatic heterocycles. The molecule has 2 aromatic rings. The zero-order valence-corrected chi connectivity index (χ0v) is 15.7. The Bertz CT molecular complexity index is 817. The fourth-order valence-corrected chi connectivity index (χ4v) is 2.59. The molecule has 0 saturated heterocycles. The summed E-state index contributed by atoms with van der Waals surface area (Å²) in [6.07, 6.45) is 0.282. The standard InChI is InChI=1S/C21H23NO5/c1-14-9-10-15(2)17(11-14)20(24)27-13-19(23)22-18(21(25)26-3)12-16-7-5-4-6-8-16/h4-11,18H,12-13H2,1-3H3,(H,22,23). The lowest BCUT2D eigenvalue weighted by Gasteiger charge is -2.17. The van der Waals surface area contributed by atoms with Crippen LogP contribution in [0.4, 0.5) is 0 Å². The molecule has 2 rings (SSSR count). The predicted octanol–water partition coefficient (Wildman–Crippen LogP) is 2.36. The van der Waals surface area contributed by atoms with Crippen molar-refractivity contribution >= 4 is 17.8 Å². The van der Waals surface area contributed by atoms with Crippen LogP contribution in [-0.4, -0.2) is 37.6 Å². The van der Waals surface area contributed by atoms with Crippen molar-refractivity contribution in [1.29, 1.82) is 0 Å². The largest absolute Gasteiger partial charge is 0.467 e. The van der Waals surface area contributed by atoms with E-state index >= 15 is 0 Å². The first-order valence-corrected chi connectivity index (χ1v) is 8.56. The summed E-state index contributed by atoms with van der Waals surface area (Å²) in [5.41, 5.74) is 2.98. The van der Waals surface area contributed by atoms with Crippen LogP contribution >= 0.6 is 0 Å². The van der Waals surface area contributed by atoms with Gasteiger partial charge in [-0.1, -0.05) is 48.0 Å². The molecule has 0 saturated carbocycles. The third kappa shape index (κ3) is 5.95. The first-order chi connectivity index (χ1) is 12.9. The van der Waals surface area contributed by atoms with Crippen molar-refractivity contribution < 1.29 is 23.9 Å². The number of methoxy groups -OCH3 is 1. The van der Waals surface area contributed by atoms with Gasteiger partial charge in [0.2, 0.25) is 0 Å². The Labute approximate surface area is 158 Å². The summed E-state index contributed by atoms with van der Waals surface area (Å²) in [5, 5.41) is 2.56. The van der Waals surface area contributed by atoms with Crippen LogP contribution in [0.25, 0.3) is 0 Å². The minimum Gasteiger partial charge on any atom is -0.467 e. The summed E-state index contributed by atoms with van der Waals surface area (Å²) in [4.78, 5) is 36.3. The lowest BCUT2D eigenvalue weighted by molar-refractivity contribution is -0.145. The van der Waals surface area contributed by atoms with E-state index in [0.717, 1.165) is 16.7 Å². The summed E-state index contributed by atoms with van der Waals surface area (Å²) < 4.78 is 9.83. The number of hydrogen-bond donors (Lipinski definition) is 1. The number of esters is 2. The Hall–Kier alpha value is -3.15. The number of benzene rings is 2. The first kappa shape index (κ1) is 20.2. The minimum absolute atomic E-state index is 0.282. The Balaban J connectivity index is 1.96. The van der Waals surface area contributed by atoms with Gasteiger partial charge in [0.05, 0.1) is 12.7 Å². The fraction of sp³-hybridized carbons (Fsp3) is 0.286. The van der Waals surface area contributed by atoms with Crippen molar-refractivity contribution in [3.63, 3.8) is 0 Å². The molecule has 1 amide bonds. The topological polar surface area (TPSA) is 81.7 Å². The Morgan fingerprint density at radius 1 is 1.04 bits per heavy atom. The highest BCUT2D eigenvalue weighted by Crippen LogP contribution is 2.12. The van der Waals surface area contributed by atoms with Crippen molar-refractivity contribution in [2.24, 2.45) is 0 Å². The van der Waals surface area contributed by atoms with E-state index < -0.39 is 30.5 Å². The lowest BCUT2D eigenvalue weighted by atomic mass is 10.1. The maximum Gasteiger partial charge on any atom is 0.338 e. The van der Waals surface area contributed by atoms with Gasteiger partial charge in [-0.25, -0.2) is 9.59 Å². The zero-order valence-electron chi connectivity index (χ0n) is 15.7. The highest BCUT2D eigenvalue weighted by Gasteiger charge is 2.23. The highest BCUT2D eigenvalue weighted by atomic mass is 16.5. The normalized spacial score (nSPS) is 11.4. The van der Waals surface area contributed by atoms with E-state index in [1.807, 2.05) is 49.4 Å². The van der Waals surface area contributed by atoms with Gasteiger partial charge < -0.3 is 14.8 Å². The maximum absolute atomic E-state index is 12.2. The first-order valence-electron chi connectivity index (χ1n) is 8.56. The second kappa shape index (κ2) is 9.52. The minimum atomic E-state index is -0.857. The number of nitrogens with one attached hydrogen (secondary N) is 1. The van der Waals surface area contributed by atoms with Crippen LogP contribution in [0.1, 0.15) is 27.0 Å². The van der Waals surface area contributed by atoms with Gasteiger partial charge in [0.15, 0.2) is 6.61 Å². The molecule has 0 aliphatic carbocycles. The second-order valence-corrected chi connectivity index (χ2v) is 6.23. The van der Waals surface area contributed by atoms with Gasteiger partial charge in [-0.2, -0.15) is 0 Å². The molecule has 1 unspecified atom stereocenters. The van der Waals surface area contributed by atoms with Gasteiger partial charge >= 0.3 is 11.9 Å². The molecule has 6 heteroatoms. The second-order valence-electron chi connectivity index (χ2n) is 6.23. The van der Waals surface area contributed by atoms with Gasteiger partial charge in [0.25, 0.3) is 5.91 Å². The number of hydrogen-bond acceptors (Lipinski definition) is 5. The van der Waals surface area contributed by atoms with Crippen molar-refractivity contribution in [3.05, 3.63) is 70.8 Å². The quantitative estimate of drug-likeness (QED) is 0.758.